The maximum atomic E-state index is 13.1. The Hall–Kier alpha value is -3.52. The van der Waals surface area contributed by atoms with E-state index < -0.39 is 11.9 Å². The Morgan fingerprint density at radius 2 is 1.90 bits per heavy atom. The largest absolute Gasteiger partial charge is 0.505 e. The van der Waals surface area contributed by atoms with Crippen LogP contribution < -0.4 is 11.1 Å². The number of hydrogen-bond donors (Lipinski definition) is 3. The van der Waals surface area contributed by atoms with Gasteiger partial charge in [-0.3, -0.25) is 9.78 Å². The number of pyridine rings is 1. The van der Waals surface area contributed by atoms with Crippen molar-refractivity contribution in [1.29, 1.82) is 0 Å². The lowest BCUT2D eigenvalue weighted by molar-refractivity contribution is 0.0597. The molecule has 0 saturated carbocycles. The van der Waals surface area contributed by atoms with Gasteiger partial charge in [-0.05, 0) is 41.8 Å². The minimum absolute atomic E-state index is 0.105. The zero-order chi connectivity index (χ0) is 21.0. The predicted molar refractivity (Wildman–Crippen MR) is 105 cm³/mol. The van der Waals surface area contributed by atoms with Crippen LogP contribution in [0.4, 0.5) is 4.39 Å². The summed E-state index contributed by atoms with van der Waals surface area (Å²) in [6.45, 7) is 0.497. The Morgan fingerprint density at radius 1 is 1.17 bits per heavy atom. The summed E-state index contributed by atoms with van der Waals surface area (Å²) in [5.41, 5.74) is 7.17. The van der Waals surface area contributed by atoms with Crippen LogP contribution in [-0.2, 0) is 11.2 Å². The van der Waals surface area contributed by atoms with Gasteiger partial charge in [-0.15, -0.1) is 0 Å². The number of hydrogen-bond acceptors (Lipinski definition) is 6. The number of carbonyl (C=O) groups excluding carboxylic acids is 2. The molecule has 2 aromatic carbocycles. The minimum Gasteiger partial charge on any atom is -0.505 e. The molecule has 0 radical (unpaired) electrons. The number of amides is 1. The Bertz CT molecular complexity index is 1070. The number of halogens is 1. The highest BCUT2D eigenvalue weighted by Crippen LogP contribution is 2.32. The highest BCUT2D eigenvalue weighted by atomic mass is 19.1. The third kappa shape index (κ3) is 4.33. The van der Waals surface area contributed by atoms with E-state index in [1.807, 2.05) is 0 Å². The van der Waals surface area contributed by atoms with Gasteiger partial charge in [-0.25, -0.2) is 9.18 Å². The van der Waals surface area contributed by atoms with Crippen molar-refractivity contribution in [2.45, 2.75) is 6.42 Å². The summed E-state index contributed by atoms with van der Waals surface area (Å²) in [4.78, 5) is 28.9. The van der Waals surface area contributed by atoms with E-state index >= 15 is 0 Å². The number of nitrogens with one attached hydrogen (secondary N) is 1. The molecule has 0 saturated heterocycles. The van der Waals surface area contributed by atoms with Crippen LogP contribution in [0.25, 0.3) is 10.9 Å². The Kier molecular flexibility index (Phi) is 6.04. The number of aromatic hydroxyl groups is 1. The van der Waals surface area contributed by atoms with Gasteiger partial charge in [0.2, 0.25) is 0 Å². The topological polar surface area (TPSA) is 115 Å². The molecule has 0 bridgehead atoms. The van der Waals surface area contributed by atoms with Crippen molar-refractivity contribution in [3.05, 3.63) is 70.7 Å². The van der Waals surface area contributed by atoms with E-state index in [-0.39, 0.29) is 41.3 Å². The summed E-state index contributed by atoms with van der Waals surface area (Å²) in [5.74, 6) is -1.93. The lowest BCUT2D eigenvalue weighted by atomic mass is 9.98. The fourth-order valence-corrected chi connectivity index (χ4v) is 2.99. The van der Waals surface area contributed by atoms with Gasteiger partial charge in [0, 0.05) is 30.2 Å². The summed E-state index contributed by atoms with van der Waals surface area (Å²) in [6, 6.07) is 9.04. The number of phenols is 1. The first-order valence-electron chi connectivity index (χ1n) is 8.90. The molecule has 0 aliphatic rings. The number of benzene rings is 2. The molecular formula is C21H20FN3O4. The van der Waals surface area contributed by atoms with Crippen molar-refractivity contribution >= 4 is 22.8 Å². The molecule has 0 spiro atoms. The smallest absolute Gasteiger partial charge is 0.341 e. The third-order valence-electron chi connectivity index (χ3n) is 4.40. The number of ether oxygens (including phenoxy) is 1. The number of methoxy groups -OCH3 is 1. The Morgan fingerprint density at radius 3 is 2.55 bits per heavy atom. The first kappa shape index (κ1) is 20.2. The van der Waals surface area contributed by atoms with Crippen LogP contribution in [-0.4, -0.2) is 42.2 Å². The van der Waals surface area contributed by atoms with Crippen LogP contribution in [0, 0.1) is 5.82 Å². The molecule has 0 aliphatic heterocycles. The van der Waals surface area contributed by atoms with Gasteiger partial charge in [0.15, 0.2) is 5.75 Å². The molecule has 3 rings (SSSR count). The Balaban J connectivity index is 2.11. The number of nitrogens with zero attached hydrogens (tertiary/aromatic N) is 1. The van der Waals surface area contributed by atoms with Gasteiger partial charge in [-0.1, -0.05) is 12.1 Å². The monoisotopic (exact) mass is 397 g/mol. The van der Waals surface area contributed by atoms with Crippen molar-refractivity contribution < 1.29 is 23.8 Å². The van der Waals surface area contributed by atoms with Gasteiger partial charge in [0.25, 0.3) is 5.91 Å². The van der Waals surface area contributed by atoms with Crippen LogP contribution in [0.5, 0.6) is 5.75 Å². The fraction of sp³-hybridized carbons (Fsp3) is 0.190. The standard InChI is InChI=1S/C21H20FN3O4/c1-29-21(28)17-10-16(20(27)24-7-6-23)15-9-13(11-25-18(15)19(17)26)8-12-2-4-14(22)5-3-12/h2-5,9-11,26H,6-8,23H2,1H3,(H,24,27). The molecule has 29 heavy (non-hydrogen) atoms. The summed E-state index contributed by atoms with van der Waals surface area (Å²) in [7, 11) is 1.18. The molecule has 3 aromatic rings. The molecular weight excluding hydrogens is 377 g/mol. The van der Waals surface area contributed by atoms with Crippen molar-refractivity contribution in [2.75, 3.05) is 20.2 Å². The van der Waals surface area contributed by atoms with Gasteiger partial charge in [0.05, 0.1) is 7.11 Å². The van der Waals surface area contributed by atoms with Crippen LogP contribution in [0.1, 0.15) is 31.8 Å². The molecule has 0 fully saturated rings. The third-order valence-corrected chi connectivity index (χ3v) is 4.40. The summed E-state index contributed by atoms with van der Waals surface area (Å²) in [5, 5.41) is 13.5. The number of rotatable bonds is 6. The van der Waals surface area contributed by atoms with E-state index in [2.05, 4.69) is 15.0 Å². The second-order valence-electron chi connectivity index (χ2n) is 6.40. The van der Waals surface area contributed by atoms with Crippen molar-refractivity contribution in [3.8, 4) is 5.75 Å². The van der Waals surface area contributed by atoms with Crippen molar-refractivity contribution in [2.24, 2.45) is 5.73 Å². The quantitative estimate of drug-likeness (QED) is 0.549. The molecule has 1 amide bonds. The number of nitrogens with two attached hydrogens (primary N) is 1. The van der Waals surface area contributed by atoms with E-state index in [4.69, 9.17) is 5.73 Å². The molecule has 150 valence electrons. The SMILES string of the molecule is COC(=O)c1cc(C(=O)NCCN)c2cc(Cc3ccc(F)cc3)cnc2c1O. The van der Waals surface area contributed by atoms with Crippen LogP contribution in [0.15, 0.2) is 42.6 Å². The number of aromatic nitrogens is 1. The second kappa shape index (κ2) is 8.66. The molecule has 0 unspecified atom stereocenters. The maximum absolute atomic E-state index is 13.1. The normalized spacial score (nSPS) is 10.7. The predicted octanol–water partition coefficient (Wildman–Crippen LogP) is 2.15. The van der Waals surface area contributed by atoms with Crippen molar-refractivity contribution in [3.63, 3.8) is 0 Å². The van der Waals surface area contributed by atoms with Crippen LogP contribution >= 0.6 is 0 Å². The Labute approximate surface area is 166 Å². The zero-order valence-corrected chi connectivity index (χ0v) is 15.7. The highest BCUT2D eigenvalue weighted by molar-refractivity contribution is 6.11. The molecule has 1 aromatic heterocycles. The molecule has 8 heteroatoms. The number of carbonyl (C=O) groups is 2. The van der Waals surface area contributed by atoms with E-state index in [1.165, 1.54) is 31.5 Å². The van der Waals surface area contributed by atoms with E-state index in [1.54, 1.807) is 18.2 Å². The molecule has 0 aliphatic carbocycles. The first-order valence-corrected chi connectivity index (χ1v) is 8.90. The van der Waals surface area contributed by atoms with E-state index in [9.17, 15) is 19.1 Å². The minimum atomic E-state index is -0.783. The molecule has 7 nitrogen and oxygen atoms in total. The van der Waals surface area contributed by atoms with Gasteiger partial charge in [0.1, 0.15) is 16.9 Å². The average molecular weight is 397 g/mol. The average Bonchev–Trinajstić information content (AvgIpc) is 2.73. The first-order chi connectivity index (χ1) is 13.9. The van der Waals surface area contributed by atoms with E-state index in [0.717, 1.165) is 11.1 Å². The van der Waals surface area contributed by atoms with Gasteiger partial charge < -0.3 is 20.9 Å². The zero-order valence-electron chi connectivity index (χ0n) is 15.7. The van der Waals surface area contributed by atoms with Gasteiger partial charge in [-0.2, -0.15) is 0 Å². The molecule has 4 N–H and O–H groups in total. The lowest BCUT2D eigenvalue weighted by Crippen LogP contribution is -2.29. The number of fused-ring (bicyclic) bond motifs is 1. The number of phenolic OH excluding ortho intramolecular Hbond substituents is 1. The van der Waals surface area contributed by atoms with Gasteiger partial charge >= 0.3 is 5.97 Å². The highest BCUT2D eigenvalue weighted by Gasteiger charge is 2.22. The van der Waals surface area contributed by atoms with Crippen LogP contribution in [0.3, 0.4) is 0 Å². The number of esters is 1. The summed E-state index contributed by atoms with van der Waals surface area (Å²) < 4.78 is 17.8. The van der Waals surface area contributed by atoms with E-state index in [0.29, 0.717) is 11.8 Å². The second-order valence-corrected chi connectivity index (χ2v) is 6.40. The summed E-state index contributed by atoms with van der Waals surface area (Å²) >= 11 is 0. The molecule has 1 heterocycles. The van der Waals surface area contributed by atoms with Crippen LogP contribution in [0.2, 0.25) is 0 Å². The maximum Gasteiger partial charge on any atom is 0.341 e. The van der Waals surface area contributed by atoms with Crippen molar-refractivity contribution in [1.82, 2.24) is 10.3 Å². The molecule has 0 atom stereocenters. The summed E-state index contributed by atoms with van der Waals surface area (Å²) in [6.07, 6.45) is 1.99. The lowest BCUT2D eigenvalue weighted by Gasteiger charge is -2.13. The fourth-order valence-electron chi connectivity index (χ4n) is 2.99.